The predicted octanol–water partition coefficient (Wildman–Crippen LogP) is 3.28. The Kier molecular flexibility index (Phi) is 5.41. The average molecular weight is 367 g/mol. The molecule has 0 spiro atoms. The van der Waals surface area contributed by atoms with Crippen molar-refractivity contribution in [2.24, 2.45) is 0 Å². The van der Waals surface area contributed by atoms with Crippen LogP contribution in [0.2, 0.25) is 0 Å². The van der Waals surface area contributed by atoms with E-state index >= 15 is 0 Å². The Labute approximate surface area is 148 Å². The van der Waals surface area contributed by atoms with Gasteiger partial charge in [0.2, 0.25) is 0 Å². The molecule has 1 aliphatic rings. The maximum Gasteiger partial charge on any atom is 0.257 e. The summed E-state index contributed by atoms with van der Waals surface area (Å²) >= 11 is 1.28. The molecule has 1 aromatic heterocycles. The van der Waals surface area contributed by atoms with Crippen LogP contribution in [0, 0.1) is 11.6 Å². The fraction of sp³-hybridized carbons (Fsp3) is 0.412. The minimum Gasteiger partial charge on any atom is -0.373 e. The highest BCUT2D eigenvalue weighted by molar-refractivity contribution is 7.13. The lowest BCUT2D eigenvalue weighted by molar-refractivity contribution is -0.0707. The molecule has 2 heterocycles. The smallest absolute Gasteiger partial charge is 0.257 e. The summed E-state index contributed by atoms with van der Waals surface area (Å²) in [5.41, 5.74) is 0.761. The van der Waals surface area contributed by atoms with E-state index in [9.17, 15) is 13.6 Å². The molecule has 5 nitrogen and oxygen atoms in total. The SMILES string of the molecule is C[C@@H]1CN(Cc2csc(NC(=O)c3cc(F)cc(F)c3)n2)C[C@@H](C)O1. The van der Waals surface area contributed by atoms with Crippen molar-refractivity contribution in [2.45, 2.75) is 32.6 Å². The Balaban J connectivity index is 1.62. The van der Waals surface area contributed by atoms with E-state index in [1.807, 2.05) is 19.2 Å². The van der Waals surface area contributed by atoms with Gasteiger partial charge in [0, 0.05) is 36.6 Å². The fourth-order valence-corrected chi connectivity index (χ4v) is 3.63. The molecule has 3 rings (SSSR count). The normalized spacial score (nSPS) is 21.3. The zero-order valence-corrected chi connectivity index (χ0v) is 14.8. The van der Waals surface area contributed by atoms with Gasteiger partial charge in [-0.15, -0.1) is 11.3 Å². The van der Waals surface area contributed by atoms with Gasteiger partial charge in [0.05, 0.1) is 17.9 Å². The lowest BCUT2D eigenvalue weighted by Gasteiger charge is -2.34. The first kappa shape index (κ1) is 17.9. The summed E-state index contributed by atoms with van der Waals surface area (Å²) in [6.45, 7) is 6.39. The molecular weight excluding hydrogens is 348 g/mol. The molecule has 1 fully saturated rings. The second-order valence-corrected chi connectivity index (χ2v) is 7.07. The molecule has 1 N–H and O–H groups in total. The summed E-state index contributed by atoms with van der Waals surface area (Å²) in [7, 11) is 0. The van der Waals surface area contributed by atoms with Gasteiger partial charge in [0.1, 0.15) is 11.6 Å². The standard InChI is InChI=1S/C17H19F2N3O2S/c1-10-6-22(7-11(2)24-10)8-15-9-25-17(20-15)21-16(23)12-3-13(18)5-14(19)4-12/h3-5,9-11H,6-8H2,1-2H3,(H,20,21,23)/t10-,11-/m1/s1. The van der Waals surface area contributed by atoms with Crippen molar-refractivity contribution in [1.82, 2.24) is 9.88 Å². The molecule has 2 atom stereocenters. The summed E-state index contributed by atoms with van der Waals surface area (Å²) in [6.07, 6.45) is 0.342. The Morgan fingerprint density at radius 3 is 2.56 bits per heavy atom. The van der Waals surface area contributed by atoms with Crippen LogP contribution < -0.4 is 5.32 Å². The van der Waals surface area contributed by atoms with E-state index in [2.05, 4.69) is 15.2 Å². The van der Waals surface area contributed by atoms with Gasteiger partial charge < -0.3 is 4.74 Å². The van der Waals surface area contributed by atoms with Gasteiger partial charge in [-0.25, -0.2) is 13.8 Å². The van der Waals surface area contributed by atoms with E-state index in [0.717, 1.165) is 37.0 Å². The molecule has 0 saturated carbocycles. The number of nitrogens with zero attached hydrogens (tertiary/aromatic N) is 2. The van der Waals surface area contributed by atoms with Gasteiger partial charge in [-0.3, -0.25) is 15.0 Å². The molecule has 1 amide bonds. The first-order valence-corrected chi connectivity index (χ1v) is 8.86. The van der Waals surface area contributed by atoms with Gasteiger partial charge in [-0.2, -0.15) is 0 Å². The molecule has 2 aromatic rings. The van der Waals surface area contributed by atoms with Crippen molar-refractivity contribution >= 4 is 22.4 Å². The largest absolute Gasteiger partial charge is 0.373 e. The van der Waals surface area contributed by atoms with E-state index in [4.69, 9.17) is 4.74 Å². The number of morpholine rings is 1. The summed E-state index contributed by atoms with van der Waals surface area (Å²) in [5, 5.41) is 4.85. The summed E-state index contributed by atoms with van der Waals surface area (Å²) in [4.78, 5) is 18.7. The van der Waals surface area contributed by atoms with Gasteiger partial charge in [0.15, 0.2) is 5.13 Å². The maximum atomic E-state index is 13.2. The van der Waals surface area contributed by atoms with Crippen molar-refractivity contribution < 1.29 is 18.3 Å². The van der Waals surface area contributed by atoms with Gasteiger partial charge in [-0.05, 0) is 26.0 Å². The number of hydrogen-bond acceptors (Lipinski definition) is 5. The molecule has 8 heteroatoms. The highest BCUT2D eigenvalue weighted by Crippen LogP contribution is 2.20. The van der Waals surface area contributed by atoms with Gasteiger partial charge >= 0.3 is 0 Å². The maximum absolute atomic E-state index is 13.2. The fourth-order valence-electron chi connectivity index (χ4n) is 2.93. The minimum atomic E-state index is -0.791. The van der Waals surface area contributed by atoms with Crippen molar-refractivity contribution in [1.29, 1.82) is 0 Å². The van der Waals surface area contributed by atoms with Crippen molar-refractivity contribution in [3.63, 3.8) is 0 Å². The molecule has 0 bridgehead atoms. The van der Waals surface area contributed by atoms with E-state index in [-0.39, 0.29) is 17.8 Å². The number of benzene rings is 1. The number of carbonyl (C=O) groups excluding carboxylic acids is 1. The number of thiazole rings is 1. The number of amides is 1. The number of halogens is 2. The van der Waals surface area contributed by atoms with Crippen LogP contribution in [0.15, 0.2) is 23.6 Å². The molecule has 0 aliphatic carbocycles. The molecule has 134 valence electrons. The van der Waals surface area contributed by atoms with E-state index < -0.39 is 17.5 Å². The molecule has 25 heavy (non-hydrogen) atoms. The van der Waals surface area contributed by atoms with Crippen LogP contribution >= 0.6 is 11.3 Å². The summed E-state index contributed by atoms with van der Waals surface area (Å²) < 4.78 is 32.1. The summed E-state index contributed by atoms with van der Waals surface area (Å²) in [5.74, 6) is -2.17. The van der Waals surface area contributed by atoms with Crippen LogP contribution in [0.3, 0.4) is 0 Å². The summed E-state index contributed by atoms with van der Waals surface area (Å²) in [6, 6.07) is 2.70. The molecule has 0 radical (unpaired) electrons. The zero-order chi connectivity index (χ0) is 18.0. The number of rotatable bonds is 4. The van der Waals surface area contributed by atoms with E-state index in [0.29, 0.717) is 11.7 Å². The number of carbonyl (C=O) groups is 1. The molecule has 1 aromatic carbocycles. The topological polar surface area (TPSA) is 54.5 Å². The molecular formula is C17H19F2N3O2S. The van der Waals surface area contributed by atoms with E-state index in [1.54, 1.807) is 0 Å². The number of anilines is 1. The van der Waals surface area contributed by atoms with Crippen molar-refractivity contribution in [3.05, 3.63) is 46.5 Å². The number of aromatic nitrogens is 1. The van der Waals surface area contributed by atoms with Crippen LogP contribution in [0.4, 0.5) is 13.9 Å². The predicted molar refractivity (Wildman–Crippen MR) is 91.7 cm³/mol. The van der Waals surface area contributed by atoms with E-state index in [1.165, 1.54) is 11.3 Å². The van der Waals surface area contributed by atoms with Crippen LogP contribution in [0.5, 0.6) is 0 Å². The highest BCUT2D eigenvalue weighted by Gasteiger charge is 2.23. The lowest BCUT2D eigenvalue weighted by atomic mass is 10.2. The Morgan fingerprint density at radius 2 is 1.92 bits per heavy atom. The average Bonchev–Trinajstić information content (AvgIpc) is 2.92. The van der Waals surface area contributed by atoms with Crippen LogP contribution in [0.25, 0.3) is 0 Å². The zero-order valence-electron chi connectivity index (χ0n) is 14.0. The van der Waals surface area contributed by atoms with Gasteiger partial charge in [0.25, 0.3) is 5.91 Å². The minimum absolute atomic E-state index is 0.0786. The number of nitrogens with one attached hydrogen (secondary N) is 1. The van der Waals surface area contributed by atoms with Crippen molar-refractivity contribution in [2.75, 3.05) is 18.4 Å². The monoisotopic (exact) mass is 367 g/mol. The molecule has 0 unspecified atom stereocenters. The van der Waals surface area contributed by atoms with Crippen LogP contribution in [0.1, 0.15) is 29.9 Å². The van der Waals surface area contributed by atoms with Gasteiger partial charge in [-0.1, -0.05) is 0 Å². The molecule has 1 saturated heterocycles. The Morgan fingerprint density at radius 1 is 1.28 bits per heavy atom. The van der Waals surface area contributed by atoms with Crippen LogP contribution in [-0.2, 0) is 11.3 Å². The van der Waals surface area contributed by atoms with Crippen molar-refractivity contribution in [3.8, 4) is 0 Å². The molecule has 1 aliphatic heterocycles. The first-order chi connectivity index (χ1) is 11.9. The Bertz CT molecular complexity index is 738. The third-order valence-electron chi connectivity index (χ3n) is 3.78. The number of ether oxygens (including phenoxy) is 1. The lowest BCUT2D eigenvalue weighted by Crippen LogP contribution is -2.44. The third kappa shape index (κ3) is 4.81. The number of hydrogen-bond donors (Lipinski definition) is 1. The second-order valence-electron chi connectivity index (χ2n) is 6.21. The van der Waals surface area contributed by atoms with Crippen LogP contribution in [-0.4, -0.2) is 41.1 Å². The second kappa shape index (κ2) is 7.55. The Hall–Kier alpha value is -1.90. The first-order valence-electron chi connectivity index (χ1n) is 7.98. The quantitative estimate of drug-likeness (QED) is 0.901. The highest BCUT2D eigenvalue weighted by atomic mass is 32.1. The third-order valence-corrected chi connectivity index (χ3v) is 4.58.